The molecule has 17 heavy (non-hydrogen) atoms. The van der Waals surface area contributed by atoms with Crippen molar-refractivity contribution in [3.05, 3.63) is 51.6 Å². The Hall–Kier alpha value is -2.08. The van der Waals surface area contributed by atoms with Gasteiger partial charge in [-0.1, -0.05) is 32.9 Å². The normalized spacial score (nSPS) is 11.4. The fraction of sp³-hybridized carbons (Fsp3) is 0.286. The van der Waals surface area contributed by atoms with E-state index in [0.29, 0.717) is 0 Å². The molecule has 0 amide bonds. The van der Waals surface area contributed by atoms with E-state index in [4.69, 9.17) is 6.57 Å². The zero-order valence-corrected chi connectivity index (χ0v) is 10.2. The molecule has 1 aromatic carbocycles. The molecule has 0 saturated heterocycles. The van der Waals surface area contributed by atoms with E-state index in [2.05, 4.69) is 30.6 Å². The standard InChI is InChI=1S/C14H14N2O/c1-14(2,3)10-5-6-11-9(7-10)8-12(15-4)13(17)16-11/h5-8H,1-3H3,(H,16,17). The number of benzene rings is 1. The molecule has 0 aliphatic carbocycles. The minimum absolute atomic E-state index is 0.0581. The molecule has 0 aliphatic rings. The number of aromatic amines is 1. The molecule has 2 aromatic rings. The molecule has 3 nitrogen and oxygen atoms in total. The first-order chi connectivity index (χ1) is 7.91. The summed E-state index contributed by atoms with van der Waals surface area (Å²) in [5.74, 6) is 0. The highest BCUT2D eigenvalue weighted by Crippen LogP contribution is 2.26. The summed E-state index contributed by atoms with van der Waals surface area (Å²) in [6.07, 6.45) is 0. The number of hydrogen-bond donors (Lipinski definition) is 1. The van der Waals surface area contributed by atoms with E-state index >= 15 is 0 Å². The van der Waals surface area contributed by atoms with Crippen LogP contribution in [0.1, 0.15) is 26.3 Å². The summed E-state index contributed by atoms with van der Waals surface area (Å²) in [5, 5.41) is 0.906. The average Bonchev–Trinajstić information content (AvgIpc) is 2.26. The molecule has 1 heterocycles. The summed E-state index contributed by atoms with van der Waals surface area (Å²) in [4.78, 5) is 17.4. The number of aromatic nitrogens is 1. The van der Waals surface area contributed by atoms with Crippen molar-refractivity contribution in [3.8, 4) is 0 Å². The monoisotopic (exact) mass is 226 g/mol. The first-order valence-electron chi connectivity index (χ1n) is 5.47. The first-order valence-corrected chi connectivity index (χ1v) is 5.47. The lowest BCUT2D eigenvalue weighted by molar-refractivity contribution is 0.591. The van der Waals surface area contributed by atoms with Crippen LogP contribution < -0.4 is 5.56 Å². The van der Waals surface area contributed by atoms with Crippen molar-refractivity contribution in [2.45, 2.75) is 26.2 Å². The van der Waals surface area contributed by atoms with E-state index in [1.54, 1.807) is 6.07 Å². The average molecular weight is 226 g/mol. The number of nitrogens with zero attached hydrogens (tertiary/aromatic N) is 1. The van der Waals surface area contributed by atoms with Gasteiger partial charge in [-0.05, 0) is 28.5 Å². The quantitative estimate of drug-likeness (QED) is 0.687. The second-order valence-electron chi connectivity index (χ2n) is 5.15. The maximum atomic E-state index is 11.5. The van der Waals surface area contributed by atoms with Gasteiger partial charge >= 0.3 is 0 Å². The summed E-state index contributed by atoms with van der Waals surface area (Å²) in [6, 6.07) is 7.58. The van der Waals surface area contributed by atoms with Crippen LogP contribution in [0.5, 0.6) is 0 Å². The van der Waals surface area contributed by atoms with Gasteiger partial charge in [-0.25, -0.2) is 4.85 Å². The molecule has 0 saturated carbocycles. The van der Waals surface area contributed by atoms with Crippen molar-refractivity contribution in [2.75, 3.05) is 0 Å². The van der Waals surface area contributed by atoms with Crippen LogP contribution in [-0.4, -0.2) is 4.98 Å². The Morgan fingerprint density at radius 2 is 1.94 bits per heavy atom. The lowest BCUT2D eigenvalue weighted by Gasteiger charge is -2.19. The molecule has 0 spiro atoms. The van der Waals surface area contributed by atoms with Gasteiger partial charge < -0.3 is 4.98 Å². The number of pyridine rings is 1. The third-order valence-corrected chi connectivity index (χ3v) is 2.81. The Balaban J connectivity index is 2.74. The van der Waals surface area contributed by atoms with Gasteiger partial charge in [0.1, 0.15) is 0 Å². The highest BCUT2D eigenvalue weighted by Gasteiger charge is 2.14. The van der Waals surface area contributed by atoms with Gasteiger partial charge in [-0.2, -0.15) is 0 Å². The summed E-state index contributed by atoms with van der Waals surface area (Å²) in [7, 11) is 0. The molecule has 0 unspecified atom stereocenters. The van der Waals surface area contributed by atoms with Gasteiger partial charge in [0.05, 0.1) is 6.57 Å². The number of H-pyrrole nitrogens is 1. The third kappa shape index (κ3) is 2.07. The van der Waals surface area contributed by atoms with E-state index < -0.39 is 0 Å². The Labute approximate surface area is 99.9 Å². The molecule has 1 aromatic heterocycles. The molecular weight excluding hydrogens is 212 g/mol. The molecule has 3 heteroatoms. The molecular formula is C14H14N2O. The Morgan fingerprint density at radius 3 is 2.53 bits per heavy atom. The number of hydrogen-bond acceptors (Lipinski definition) is 1. The van der Waals surface area contributed by atoms with Gasteiger partial charge in [0.15, 0.2) is 0 Å². The summed E-state index contributed by atoms with van der Waals surface area (Å²) in [5.41, 5.74) is 1.84. The van der Waals surface area contributed by atoms with E-state index in [1.807, 2.05) is 18.2 Å². The summed E-state index contributed by atoms with van der Waals surface area (Å²) in [6.45, 7) is 13.3. The molecule has 0 bridgehead atoms. The minimum atomic E-state index is -0.323. The van der Waals surface area contributed by atoms with Crippen LogP contribution in [0.3, 0.4) is 0 Å². The maximum absolute atomic E-state index is 11.5. The van der Waals surface area contributed by atoms with Crippen LogP contribution in [0.4, 0.5) is 5.69 Å². The van der Waals surface area contributed by atoms with Gasteiger partial charge in [0, 0.05) is 5.52 Å². The Kier molecular flexibility index (Phi) is 2.51. The highest BCUT2D eigenvalue weighted by atomic mass is 16.1. The number of fused-ring (bicyclic) bond motifs is 1. The molecule has 0 atom stereocenters. The molecule has 2 rings (SSSR count). The van der Waals surface area contributed by atoms with Crippen LogP contribution in [-0.2, 0) is 5.41 Å². The third-order valence-electron chi connectivity index (χ3n) is 2.81. The first kappa shape index (κ1) is 11.4. The van der Waals surface area contributed by atoms with Crippen molar-refractivity contribution in [3.63, 3.8) is 0 Å². The van der Waals surface area contributed by atoms with Gasteiger partial charge in [0.2, 0.25) is 0 Å². The highest BCUT2D eigenvalue weighted by molar-refractivity contribution is 5.82. The van der Waals surface area contributed by atoms with E-state index in [-0.39, 0.29) is 16.7 Å². The van der Waals surface area contributed by atoms with E-state index in [0.717, 1.165) is 10.9 Å². The van der Waals surface area contributed by atoms with Gasteiger partial charge in [0.25, 0.3) is 11.2 Å². The lowest BCUT2D eigenvalue weighted by atomic mass is 9.86. The molecule has 0 fully saturated rings. The lowest BCUT2D eigenvalue weighted by Crippen LogP contribution is -2.11. The summed E-state index contributed by atoms with van der Waals surface area (Å²) < 4.78 is 0. The largest absolute Gasteiger partial charge is 0.331 e. The Morgan fingerprint density at radius 1 is 1.24 bits per heavy atom. The molecule has 1 N–H and O–H groups in total. The van der Waals surface area contributed by atoms with Crippen LogP contribution in [0.2, 0.25) is 0 Å². The molecule has 0 aliphatic heterocycles. The van der Waals surface area contributed by atoms with Crippen LogP contribution in [0.25, 0.3) is 15.7 Å². The van der Waals surface area contributed by atoms with Gasteiger partial charge in [-0.3, -0.25) is 4.79 Å². The summed E-state index contributed by atoms with van der Waals surface area (Å²) >= 11 is 0. The van der Waals surface area contributed by atoms with Crippen molar-refractivity contribution < 1.29 is 0 Å². The smallest absolute Gasteiger partial charge is 0.254 e. The van der Waals surface area contributed by atoms with Crippen molar-refractivity contribution in [1.29, 1.82) is 0 Å². The number of rotatable bonds is 0. The minimum Gasteiger partial charge on any atom is -0.331 e. The second kappa shape index (κ2) is 3.74. The maximum Gasteiger partial charge on any atom is 0.254 e. The fourth-order valence-corrected chi connectivity index (χ4v) is 1.74. The van der Waals surface area contributed by atoms with Crippen molar-refractivity contribution in [2.24, 2.45) is 0 Å². The predicted molar refractivity (Wildman–Crippen MR) is 69.5 cm³/mol. The zero-order chi connectivity index (χ0) is 12.6. The second-order valence-corrected chi connectivity index (χ2v) is 5.15. The molecule has 0 radical (unpaired) electrons. The number of nitrogens with one attached hydrogen (secondary N) is 1. The van der Waals surface area contributed by atoms with Gasteiger partial charge in [-0.15, -0.1) is 0 Å². The molecule has 86 valence electrons. The van der Waals surface area contributed by atoms with Crippen LogP contribution in [0, 0.1) is 6.57 Å². The van der Waals surface area contributed by atoms with Crippen molar-refractivity contribution in [1.82, 2.24) is 4.98 Å². The SMILES string of the molecule is [C-]#[N+]c1cc2cc(C(C)(C)C)ccc2[nH]c1=O. The van der Waals surface area contributed by atoms with Crippen LogP contribution in [0.15, 0.2) is 29.1 Å². The Bertz CT molecular complexity index is 669. The topological polar surface area (TPSA) is 37.2 Å². The van der Waals surface area contributed by atoms with E-state index in [1.165, 1.54) is 5.56 Å². The predicted octanol–water partition coefficient (Wildman–Crippen LogP) is 3.38. The van der Waals surface area contributed by atoms with Crippen molar-refractivity contribution >= 4 is 16.6 Å². The zero-order valence-electron chi connectivity index (χ0n) is 10.2. The fourth-order valence-electron chi connectivity index (χ4n) is 1.74. The van der Waals surface area contributed by atoms with E-state index in [9.17, 15) is 4.79 Å². The van der Waals surface area contributed by atoms with Crippen LogP contribution >= 0.6 is 0 Å².